The van der Waals surface area contributed by atoms with Crippen LogP contribution in [0, 0.1) is 0 Å². The molecule has 0 aromatic heterocycles. The van der Waals surface area contributed by atoms with Crippen molar-refractivity contribution in [3.63, 3.8) is 0 Å². The molecule has 0 radical (unpaired) electrons. The van der Waals surface area contributed by atoms with Gasteiger partial charge in [-0.2, -0.15) is 0 Å². The molecule has 144 valence electrons. The Hall–Kier alpha value is -1.64. The van der Waals surface area contributed by atoms with Crippen molar-refractivity contribution in [2.75, 3.05) is 25.0 Å². The number of hydrogen-bond acceptors (Lipinski definition) is 4. The molecule has 0 atom stereocenters. The summed E-state index contributed by atoms with van der Waals surface area (Å²) in [6.45, 7) is 1.18. The van der Waals surface area contributed by atoms with Crippen LogP contribution in [0.4, 0.5) is 5.69 Å². The molecule has 3 rings (SSSR count). The lowest BCUT2D eigenvalue weighted by molar-refractivity contribution is -0.119. The van der Waals surface area contributed by atoms with Crippen LogP contribution in [0.25, 0.3) is 0 Å². The highest BCUT2D eigenvalue weighted by atomic mass is 35.5. The highest BCUT2D eigenvalue weighted by molar-refractivity contribution is 7.89. The van der Waals surface area contributed by atoms with Gasteiger partial charge in [-0.25, -0.2) is 13.6 Å². The molecule has 0 unspecified atom stereocenters. The molecule has 2 aromatic carbocycles. The molecule has 1 amide bonds. The second kappa shape index (κ2) is 7.77. The van der Waals surface area contributed by atoms with Crippen LogP contribution in [-0.4, -0.2) is 39.4 Å². The zero-order valence-corrected chi connectivity index (χ0v) is 17.0. The van der Waals surface area contributed by atoms with Gasteiger partial charge in [-0.3, -0.25) is 9.69 Å². The van der Waals surface area contributed by atoms with E-state index in [0.29, 0.717) is 29.6 Å². The molecule has 0 spiro atoms. The SMILES string of the molecule is CN(CC(=O)N1CCc2cc(S(N)(=O)=O)ccc21)Cc1cccc(Cl)c1Cl. The van der Waals surface area contributed by atoms with E-state index in [2.05, 4.69) is 0 Å². The van der Waals surface area contributed by atoms with E-state index < -0.39 is 10.0 Å². The minimum atomic E-state index is -3.76. The number of carbonyl (C=O) groups excluding carboxylic acids is 1. The average molecular weight is 428 g/mol. The van der Waals surface area contributed by atoms with Crippen LogP contribution in [0.2, 0.25) is 10.0 Å². The summed E-state index contributed by atoms with van der Waals surface area (Å²) < 4.78 is 23.0. The van der Waals surface area contributed by atoms with Gasteiger partial charge in [0.1, 0.15) is 0 Å². The largest absolute Gasteiger partial charge is 0.311 e. The molecule has 1 aliphatic rings. The Morgan fingerprint density at radius 1 is 1.26 bits per heavy atom. The van der Waals surface area contributed by atoms with Crippen molar-refractivity contribution < 1.29 is 13.2 Å². The van der Waals surface area contributed by atoms with Crippen LogP contribution in [0.5, 0.6) is 0 Å². The standard InChI is InChI=1S/C18H19Cl2N3O3S/c1-22(10-13-3-2-4-15(19)18(13)20)11-17(24)23-8-7-12-9-14(27(21,25)26)5-6-16(12)23/h2-6,9H,7-8,10-11H2,1H3,(H2,21,25,26). The molecule has 2 aromatic rings. The van der Waals surface area contributed by atoms with Gasteiger partial charge in [-0.15, -0.1) is 0 Å². The number of likely N-dealkylation sites (N-methyl/N-ethyl adjacent to an activating group) is 1. The zero-order chi connectivity index (χ0) is 19.8. The fourth-order valence-electron chi connectivity index (χ4n) is 3.15. The fraction of sp³-hybridized carbons (Fsp3) is 0.278. The number of halogens is 2. The summed E-state index contributed by atoms with van der Waals surface area (Å²) in [4.78, 5) is 16.3. The minimum absolute atomic E-state index is 0.0586. The molecular weight excluding hydrogens is 409 g/mol. The van der Waals surface area contributed by atoms with Gasteiger partial charge in [0.25, 0.3) is 0 Å². The van der Waals surface area contributed by atoms with E-state index in [4.69, 9.17) is 28.3 Å². The molecule has 6 nitrogen and oxygen atoms in total. The van der Waals surface area contributed by atoms with Crippen molar-refractivity contribution in [2.45, 2.75) is 17.9 Å². The van der Waals surface area contributed by atoms with Crippen LogP contribution < -0.4 is 10.0 Å². The van der Waals surface area contributed by atoms with E-state index >= 15 is 0 Å². The molecule has 0 saturated carbocycles. The van der Waals surface area contributed by atoms with Gasteiger partial charge in [0.15, 0.2) is 0 Å². The van der Waals surface area contributed by atoms with E-state index in [1.165, 1.54) is 12.1 Å². The number of anilines is 1. The van der Waals surface area contributed by atoms with E-state index in [1.54, 1.807) is 17.0 Å². The number of fused-ring (bicyclic) bond motifs is 1. The summed E-state index contributed by atoms with van der Waals surface area (Å²) in [6.07, 6.45) is 0.592. The maximum Gasteiger partial charge on any atom is 0.241 e. The van der Waals surface area contributed by atoms with Gasteiger partial charge in [0, 0.05) is 18.8 Å². The van der Waals surface area contributed by atoms with E-state index in [-0.39, 0.29) is 17.3 Å². The lowest BCUT2D eigenvalue weighted by Gasteiger charge is -2.22. The molecule has 0 aliphatic carbocycles. The fourth-order valence-corrected chi connectivity index (χ4v) is 4.09. The maximum absolute atomic E-state index is 12.7. The number of nitrogens with zero attached hydrogens (tertiary/aromatic N) is 2. The third-order valence-electron chi connectivity index (χ3n) is 4.45. The zero-order valence-electron chi connectivity index (χ0n) is 14.7. The van der Waals surface area contributed by atoms with Gasteiger partial charge in [0.05, 0.1) is 21.5 Å². The normalized spacial score (nSPS) is 13.9. The van der Waals surface area contributed by atoms with Crippen molar-refractivity contribution in [2.24, 2.45) is 5.14 Å². The average Bonchev–Trinajstić information content (AvgIpc) is 3.01. The summed E-state index contributed by atoms with van der Waals surface area (Å²) in [6, 6.07) is 10.0. The first-order valence-corrected chi connectivity index (χ1v) is 10.5. The van der Waals surface area contributed by atoms with Crippen molar-refractivity contribution in [3.8, 4) is 0 Å². The Bertz CT molecular complexity index is 995. The number of carbonyl (C=O) groups is 1. The van der Waals surface area contributed by atoms with Gasteiger partial charge in [0.2, 0.25) is 15.9 Å². The second-order valence-corrected chi connectivity index (χ2v) is 8.86. The molecule has 27 heavy (non-hydrogen) atoms. The Morgan fingerprint density at radius 3 is 2.70 bits per heavy atom. The Kier molecular flexibility index (Phi) is 5.79. The maximum atomic E-state index is 12.7. The van der Waals surface area contributed by atoms with Crippen LogP contribution in [0.3, 0.4) is 0 Å². The number of amides is 1. The van der Waals surface area contributed by atoms with Crippen molar-refractivity contribution >= 4 is 44.8 Å². The third-order valence-corrected chi connectivity index (χ3v) is 6.22. The molecule has 0 saturated heterocycles. The molecule has 1 heterocycles. The lowest BCUT2D eigenvalue weighted by Crippen LogP contribution is -2.37. The molecular formula is C18H19Cl2N3O3S. The minimum Gasteiger partial charge on any atom is -0.311 e. The Morgan fingerprint density at radius 2 is 2.00 bits per heavy atom. The molecule has 0 bridgehead atoms. The number of primary sulfonamides is 1. The van der Waals surface area contributed by atoms with E-state index in [9.17, 15) is 13.2 Å². The third kappa shape index (κ3) is 4.44. The smallest absolute Gasteiger partial charge is 0.241 e. The summed E-state index contributed by atoms with van der Waals surface area (Å²) in [5.74, 6) is -0.0715. The highest BCUT2D eigenvalue weighted by Crippen LogP contribution is 2.30. The monoisotopic (exact) mass is 427 g/mol. The number of nitrogens with two attached hydrogens (primary N) is 1. The van der Waals surface area contributed by atoms with Gasteiger partial charge >= 0.3 is 0 Å². The second-order valence-electron chi connectivity index (χ2n) is 6.52. The van der Waals surface area contributed by atoms with Gasteiger partial charge < -0.3 is 4.90 Å². The van der Waals surface area contributed by atoms with Crippen LogP contribution in [0.1, 0.15) is 11.1 Å². The van der Waals surface area contributed by atoms with Crippen LogP contribution in [0.15, 0.2) is 41.3 Å². The van der Waals surface area contributed by atoms with Crippen molar-refractivity contribution in [3.05, 3.63) is 57.6 Å². The van der Waals surface area contributed by atoms with Crippen molar-refractivity contribution in [1.29, 1.82) is 0 Å². The Labute approximate surface area is 168 Å². The predicted octanol–water partition coefficient (Wildman–Crippen LogP) is 2.66. The predicted molar refractivity (Wildman–Crippen MR) is 107 cm³/mol. The molecule has 9 heteroatoms. The van der Waals surface area contributed by atoms with Gasteiger partial charge in [-0.05, 0) is 48.9 Å². The highest BCUT2D eigenvalue weighted by Gasteiger charge is 2.26. The summed E-state index contributed by atoms with van der Waals surface area (Å²) >= 11 is 12.2. The van der Waals surface area contributed by atoms with Crippen LogP contribution >= 0.6 is 23.2 Å². The lowest BCUT2D eigenvalue weighted by atomic mass is 10.2. The summed E-state index contributed by atoms with van der Waals surface area (Å²) in [5.41, 5.74) is 2.37. The van der Waals surface area contributed by atoms with Gasteiger partial charge in [-0.1, -0.05) is 35.3 Å². The topological polar surface area (TPSA) is 83.7 Å². The quantitative estimate of drug-likeness (QED) is 0.794. The van der Waals surface area contributed by atoms with Crippen LogP contribution in [-0.2, 0) is 27.8 Å². The number of sulfonamides is 1. The van der Waals surface area contributed by atoms with Crippen molar-refractivity contribution in [1.82, 2.24) is 4.90 Å². The number of benzene rings is 2. The summed E-state index contributed by atoms with van der Waals surface area (Å²) in [5, 5.41) is 6.14. The van der Waals surface area contributed by atoms with E-state index in [1.807, 2.05) is 24.1 Å². The number of hydrogen-bond donors (Lipinski definition) is 1. The molecule has 2 N–H and O–H groups in total. The Balaban J connectivity index is 1.70. The molecule has 0 fully saturated rings. The first kappa shape index (κ1) is 20.1. The first-order valence-electron chi connectivity index (χ1n) is 8.24. The first-order chi connectivity index (χ1) is 12.7. The molecule has 1 aliphatic heterocycles. The van der Waals surface area contributed by atoms with E-state index in [0.717, 1.165) is 16.8 Å². The summed E-state index contributed by atoms with van der Waals surface area (Å²) in [7, 11) is -1.93. The number of rotatable bonds is 5.